The summed E-state index contributed by atoms with van der Waals surface area (Å²) in [6.45, 7) is 5.71. The first-order valence-corrected chi connectivity index (χ1v) is 10.7. The highest BCUT2D eigenvalue weighted by atomic mass is 35.5. The van der Waals surface area contributed by atoms with E-state index in [0.717, 1.165) is 52.1 Å². The van der Waals surface area contributed by atoms with Gasteiger partial charge in [0, 0.05) is 43.3 Å². The summed E-state index contributed by atoms with van der Waals surface area (Å²) in [5.74, 6) is 1.30. The molecular weight excluding hydrogens is 413 g/mol. The van der Waals surface area contributed by atoms with Gasteiger partial charge in [-0.05, 0) is 44.6 Å². The number of hydrogen-bond donors (Lipinski definition) is 0. The van der Waals surface area contributed by atoms with Gasteiger partial charge in [-0.1, -0.05) is 28.4 Å². The Hall–Kier alpha value is -1.67. The number of carbonyl (C=O) groups is 1. The molecule has 0 N–H and O–H groups in total. The fraction of sp³-hybridized carbons (Fsp3) is 0.550. The molecule has 2 aromatic rings. The molecule has 0 aliphatic carbocycles. The third-order valence-corrected chi connectivity index (χ3v) is 6.22. The quantitative estimate of drug-likeness (QED) is 0.731. The second kappa shape index (κ2) is 9.00. The van der Waals surface area contributed by atoms with Crippen LogP contribution in [0.15, 0.2) is 22.7 Å². The normalized spacial score (nSPS) is 21.5. The molecule has 1 amide bonds. The highest BCUT2D eigenvalue weighted by molar-refractivity contribution is 6.36. The number of aromatic nitrogens is 2. The summed E-state index contributed by atoms with van der Waals surface area (Å²) in [6, 6.07) is 5.19. The number of carbonyl (C=O) groups excluding carboxylic acids is 1. The minimum atomic E-state index is 0.0419. The fourth-order valence-electron chi connectivity index (χ4n) is 3.98. The van der Waals surface area contributed by atoms with Gasteiger partial charge in [0.2, 0.25) is 17.6 Å². The molecule has 29 heavy (non-hydrogen) atoms. The lowest BCUT2D eigenvalue weighted by molar-refractivity contribution is -0.139. The predicted molar refractivity (Wildman–Crippen MR) is 112 cm³/mol. The Labute approximate surface area is 180 Å². The lowest BCUT2D eigenvalue weighted by Crippen LogP contribution is -2.51. The van der Waals surface area contributed by atoms with Crippen molar-refractivity contribution in [2.45, 2.75) is 19.4 Å². The third kappa shape index (κ3) is 4.91. The average Bonchev–Trinajstić information content (AvgIpc) is 3.16. The number of piperazine rings is 1. The van der Waals surface area contributed by atoms with E-state index in [1.165, 1.54) is 0 Å². The Bertz CT molecular complexity index is 866. The number of nitrogens with zero attached hydrogens (tertiary/aromatic N) is 5. The molecule has 2 fully saturated rings. The van der Waals surface area contributed by atoms with Crippen LogP contribution < -0.4 is 0 Å². The maximum atomic E-state index is 12.9. The standard InChI is InChI=1S/C20H25Cl2N5O2/c1-25-7-9-27(10-8-25)20(28)14-3-2-6-26(12-14)13-18-23-19(24-29-18)16-5-4-15(21)11-17(16)22/h4-5,11,14H,2-3,6-10,12-13H2,1H3. The van der Waals surface area contributed by atoms with Crippen LogP contribution in [0.3, 0.4) is 0 Å². The number of amides is 1. The molecule has 0 bridgehead atoms. The molecule has 1 atom stereocenters. The van der Waals surface area contributed by atoms with E-state index in [4.69, 9.17) is 27.7 Å². The summed E-state index contributed by atoms with van der Waals surface area (Å²) in [6.07, 6.45) is 1.94. The lowest BCUT2D eigenvalue weighted by Gasteiger charge is -2.37. The number of rotatable bonds is 4. The molecule has 1 aromatic heterocycles. The van der Waals surface area contributed by atoms with E-state index < -0.39 is 0 Å². The van der Waals surface area contributed by atoms with E-state index >= 15 is 0 Å². The van der Waals surface area contributed by atoms with Crippen LogP contribution in [0.25, 0.3) is 11.4 Å². The van der Waals surface area contributed by atoms with Gasteiger partial charge in [0.15, 0.2) is 0 Å². The Balaban J connectivity index is 1.37. The highest BCUT2D eigenvalue weighted by Gasteiger charge is 2.31. The summed E-state index contributed by atoms with van der Waals surface area (Å²) >= 11 is 12.2. The van der Waals surface area contributed by atoms with Crippen LogP contribution in [-0.2, 0) is 11.3 Å². The van der Waals surface area contributed by atoms with Gasteiger partial charge in [-0.2, -0.15) is 4.98 Å². The van der Waals surface area contributed by atoms with Crippen molar-refractivity contribution in [1.29, 1.82) is 0 Å². The van der Waals surface area contributed by atoms with Gasteiger partial charge in [-0.3, -0.25) is 9.69 Å². The number of likely N-dealkylation sites (N-methyl/N-ethyl adjacent to an activating group) is 1. The molecule has 9 heteroatoms. The Morgan fingerprint density at radius 3 is 2.76 bits per heavy atom. The molecule has 3 heterocycles. The molecule has 2 saturated heterocycles. The van der Waals surface area contributed by atoms with Crippen molar-refractivity contribution in [1.82, 2.24) is 24.8 Å². The van der Waals surface area contributed by atoms with Gasteiger partial charge in [-0.25, -0.2) is 0 Å². The fourth-order valence-corrected chi connectivity index (χ4v) is 4.47. The lowest BCUT2D eigenvalue weighted by atomic mass is 9.96. The molecule has 2 aliphatic rings. The van der Waals surface area contributed by atoms with E-state index in [0.29, 0.717) is 33.9 Å². The summed E-state index contributed by atoms with van der Waals surface area (Å²) in [4.78, 5) is 23.9. The number of hydrogen-bond acceptors (Lipinski definition) is 6. The van der Waals surface area contributed by atoms with Crippen LogP contribution >= 0.6 is 23.2 Å². The number of piperidine rings is 1. The van der Waals surface area contributed by atoms with Crippen molar-refractivity contribution in [3.63, 3.8) is 0 Å². The van der Waals surface area contributed by atoms with Crippen molar-refractivity contribution in [2.75, 3.05) is 46.3 Å². The molecule has 1 aromatic carbocycles. The molecule has 0 spiro atoms. The maximum Gasteiger partial charge on any atom is 0.241 e. The van der Waals surface area contributed by atoms with E-state index in [1.54, 1.807) is 18.2 Å². The SMILES string of the molecule is CN1CCN(C(=O)C2CCCN(Cc3nc(-c4ccc(Cl)cc4Cl)no3)C2)CC1. The van der Waals surface area contributed by atoms with Gasteiger partial charge < -0.3 is 14.3 Å². The zero-order valence-corrected chi connectivity index (χ0v) is 18.0. The van der Waals surface area contributed by atoms with Crippen molar-refractivity contribution in [2.24, 2.45) is 5.92 Å². The van der Waals surface area contributed by atoms with Crippen LogP contribution in [0.5, 0.6) is 0 Å². The summed E-state index contributed by atoms with van der Waals surface area (Å²) in [5.41, 5.74) is 0.688. The van der Waals surface area contributed by atoms with Gasteiger partial charge in [-0.15, -0.1) is 0 Å². The first kappa shape index (κ1) is 20.6. The molecule has 0 saturated carbocycles. The van der Waals surface area contributed by atoms with Crippen molar-refractivity contribution in [3.05, 3.63) is 34.1 Å². The van der Waals surface area contributed by atoms with E-state index in [1.807, 2.05) is 4.90 Å². The molecule has 4 rings (SSSR count). The minimum Gasteiger partial charge on any atom is -0.340 e. The largest absolute Gasteiger partial charge is 0.340 e. The smallest absolute Gasteiger partial charge is 0.241 e. The van der Waals surface area contributed by atoms with Crippen LogP contribution in [-0.4, -0.2) is 77.1 Å². The molecular formula is C20H25Cl2N5O2. The maximum absolute atomic E-state index is 12.9. The van der Waals surface area contributed by atoms with Gasteiger partial charge >= 0.3 is 0 Å². The van der Waals surface area contributed by atoms with E-state index in [9.17, 15) is 4.79 Å². The second-order valence-electron chi connectivity index (χ2n) is 7.84. The van der Waals surface area contributed by atoms with Gasteiger partial charge in [0.1, 0.15) is 0 Å². The average molecular weight is 438 g/mol. The first-order chi connectivity index (χ1) is 14.0. The zero-order valence-electron chi connectivity index (χ0n) is 16.5. The minimum absolute atomic E-state index is 0.0419. The van der Waals surface area contributed by atoms with Crippen molar-refractivity contribution in [3.8, 4) is 11.4 Å². The topological polar surface area (TPSA) is 65.7 Å². The molecule has 0 radical (unpaired) electrons. The summed E-state index contributed by atoms with van der Waals surface area (Å²) < 4.78 is 5.44. The number of likely N-dealkylation sites (tertiary alicyclic amines) is 1. The van der Waals surface area contributed by atoms with Crippen molar-refractivity contribution < 1.29 is 9.32 Å². The molecule has 156 valence electrons. The highest BCUT2D eigenvalue weighted by Crippen LogP contribution is 2.29. The molecule has 1 unspecified atom stereocenters. The van der Waals surface area contributed by atoms with E-state index in [-0.39, 0.29) is 11.8 Å². The van der Waals surface area contributed by atoms with Crippen LogP contribution in [0, 0.1) is 5.92 Å². The van der Waals surface area contributed by atoms with Crippen LogP contribution in [0.2, 0.25) is 10.0 Å². The first-order valence-electron chi connectivity index (χ1n) is 9.97. The Morgan fingerprint density at radius 2 is 2.00 bits per heavy atom. The number of benzene rings is 1. The van der Waals surface area contributed by atoms with Gasteiger partial charge in [0.25, 0.3) is 0 Å². The predicted octanol–water partition coefficient (Wildman–Crippen LogP) is 3.03. The summed E-state index contributed by atoms with van der Waals surface area (Å²) in [7, 11) is 2.10. The summed E-state index contributed by atoms with van der Waals surface area (Å²) in [5, 5.41) is 5.11. The number of halogens is 2. The monoisotopic (exact) mass is 437 g/mol. The second-order valence-corrected chi connectivity index (χ2v) is 8.68. The van der Waals surface area contributed by atoms with Crippen LogP contribution in [0.1, 0.15) is 18.7 Å². The van der Waals surface area contributed by atoms with Crippen LogP contribution in [0.4, 0.5) is 0 Å². The van der Waals surface area contributed by atoms with E-state index in [2.05, 4.69) is 27.0 Å². The Morgan fingerprint density at radius 1 is 1.21 bits per heavy atom. The molecule has 2 aliphatic heterocycles. The third-order valence-electron chi connectivity index (χ3n) is 5.67. The Kier molecular flexibility index (Phi) is 6.39. The molecule has 7 nitrogen and oxygen atoms in total. The van der Waals surface area contributed by atoms with Gasteiger partial charge in [0.05, 0.1) is 17.5 Å². The zero-order chi connectivity index (χ0) is 20.4. The van der Waals surface area contributed by atoms with Crippen molar-refractivity contribution >= 4 is 29.1 Å².